The molecule has 0 radical (unpaired) electrons. The van der Waals surface area contributed by atoms with Crippen molar-refractivity contribution in [1.29, 1.82) is 0 Å². The molecule has 3 rings (SSSR count). The van der Waals surface area contributed by atoms with E-state index in [-0.39, 0.29) is 5.91 Å². The second-order valence-electron chi connectivity index (χ2n) is 7.29. The normalized spacial score (nSPS) is 14.6. The molecule has 1 saturated heterocycles. The molecule has 2 aromatic rings. The van der Waals surface area contributed by atoms with Crippen LogP contribution in [0, 0.1) is 5.92 Å². The highest BCUT2D eigenvalue weighted by Crippen LogP contribution is 2.30. The van der Waals surface area contributed by atoms with Gasteiger partial charge < -0.3 is 19.7 Å². The lowest BCUT2D eigenvalue weighted by Crippen LogP contribution is -2.33. The monoisotopic (exact) mass is 398 g/mol. The number of rotatable bonds is 9. The smallest absolute Gasteiger partial charge is 0.263 e. The molecule has 1 aliphatic heterocycles. The molecule has 1 N–H and O–H groups in total. The topological polar surface area (TPSA) is 76.6 Å². The third-order valence-corrected chi connectivity index (χ3v) is 5.02. The van der Waals surface area contributed by atoms with Crippen LogP contribution in [0.15, 0.2) is 36.7 Å². The summed E-state index contributed by atoms with van der Waals surface area (Å²) in [4.78, 5) is 23.3. The Kier molecular flexibility index (Phi) is 7.81. The molecular formula is C22H30N4O3. The standard InChI is InChI=1S/C22H30N4O3/c1-3-28-16-4-11-24-21(27)18-5-7-19(8-6-18)29-22-20(23-12-13-25-22)26-14-9-17(2)10-15-26/h5-8,12-13,17H,3-4,9-11,14-16H2,1-2H3,(H,24,27). The minimum absolute atomic E-state index is 0.101. The van der Waals surface area contributed by atoms with Gasteiger partial charge in [0.1, 0.15) is 5.75 Å². The zero-order valence-electron chi connectivity index (χ0n) is 17.3. The van der Waals surface area contributed by atoms with Gasteiger partial charge in [-0.1, -0.05) is 6.92 Å². The van der Waals surface area contributed by atoms with Crippen LogP contribution in [0.3, 0.4) is 0 Å². The highest BCUT2D eigenvalue weighted by atomic mass is 16.5. The molecule has 0 spiro atoms. The van der Waals surface area contributed by atoms with Crippen molar-refractivity contribution >= 4 is 11.7 Å². The van der Waals surface area contributed by atoms with Crippen molar-refractivity contribution in [3.8, 4) is 11.6 Å². The lowest BCUT2D eigenvalue weighted by Gasteiger charge is -2.31. The summed E-state index contributed by atoms with van der Waals surface area (Å²) in [5, 5.41) is 2.89. The molecular weight excluding hydrogens is 368 g/mol. The molecule has 1 aromatic carbocycles. The summed E-state index contributed by atoms with van der Waals surface area (Å²) < 4.78 is 11.3. The van der Waals surface area contributed by atoms with Crippen LogP contribution >= 0.6 is 0 Å². The first-order valence-electron chi connectivity index (χ1n) is 10.4. The molecule has 0 bridgehead atoms. The molecule has 7 nitrogen and oxygen atoms in total. The first kappa shape index (κ1) is 21.0. The molecule has 0 saturated carbocycles. The van der Waals surface area contributed by atoms with E-state index in [1.54, 1.807) is 36.7 Å². The highest BCUT2D eigenvalue weighted by molar-refractivity contribution is 5.94. The minimum atomic E-state index is -0.101. The van der Waals surface area contributed by atoms with Gasteiger partial charge in [0.25, 0.3) is 11.8 Å². The molecule has 2 heterocycles. The van der Waals surface area contributed by atoms with Gasteiger partial charge in [0.2, 0.25) is 0 Å². The van der Waals surface area contributed by atoms with Gasteiger partial charge in [-0.2, -0.15) is 0 Å². The van der Waals surface area contributed by atoms with E-state index in [2.05, 4.69) is 27.1 Å². The fraction of sp³-hybridized carbons (Fsp3) is 0.500. The molecule has 0 unspecified atom stereocenters. The summed E-state index contributed by atoms with van der Waals surface area (Å²) >= 11 is 0. The first-order valence-corrected chi connectivity index (χ1v) is 10.4. The Balaban J connectivity index is 1.58. The Bertz CT molecular complexity index is 774. The molecule has 29 heavy (non-hydrogen) atoms. The second-order valence-corrected chi connectivity index (χ2v) is 7.29. The first-order chi connectivity index (χ1) is 14.2. The van der Waals surface area contributed by atoms with E-state index >= 15 is 0 Å². The molecule has 1 aromatic heterocycles. The number of hydrogen-bond donors (Lipinski definition) is 1. The van der Waals surface area contributed by atoms with Crippen LogP contribution in [-0.4, -0.2) is 48.7 Å². The van der Waals surface area contributed by atoms with E-state index in [0.717, 1.165) is 44.1 Å². The third-order valence-electron chi connectivity index (χ3n) is 5.02. The number of aromatic nitrogens is 2. The summed E-state index contributed by atoms with van der Waals surface area (Å²) in [5.41, 5.74) is 0.596. The second kappa shape index (κ2) is 10.8. The van der Waals surface area contributed by atoms with Crippen LogP contribution in [0.5, 0.6) is 11.6 Å². The molecule has 0 aliphatic carbocycles. The van der Waals surface area contributed by atoms with Gasteiger partial charge in [-0.3, -0.25) is 4.79 Å². The number of benzene rings is 1. The van der Waals surface area contributed by atoms with E-state index in [4.69, 9.17) is 9.47 Å². The average Bonchev–Trinajstić information content (AvgIpc) is 2.75. The van der Waals surface area contributed by atoms with Crippen molar-refractivity contribution in [1.82, 2.24) is 15.3 Å². The van der Waals surface area contributed by atoms with Crippen LogP contribution in [0.2, 0.25) is 0 Å². The maximum absolute atomic E-state index is 12.2. The number of carbonyl (C=O) groups excluding carboxylic acids is 1. The Labute approximate surface area is 172 Å². The van der Waals surface area contributed by atoms with Crippen molar-refractivity contribution in [2.75, 3.05) is 37.7 Å². The summed E-state index contributed by atoms with van der Waals surface area (Å²) in [7, 11) is 0. The largest absolute Gasteiger partial charge is 0.436 e. The van der Waals surface area contributed by atoms with E-state index in [9.17, 15) is 4.79 Å². The lowest BCUT2D eigenvalue weighted by molar-refractivity contribution is 0.0944. The number of carbonyl (C=O) groups is 1. The van der Waals surface area contributed by atoms with E-state index in [1.807, 2.05) is 6.92 Å². The van der Waals surface area contributed by atoms with Gasteiger partial charge in [0.15, 0.2) is 5.82 Å². The number of nitrogens with zero attached hydrogens (tertiary/aromatic N) is 3. The third kappa shape index (κ3) is 6.15. The summed E-state index contributed by atoms with van der Waals surface area (Å²) in [6.07, 6.45) is 6.41. The lowest BCUT2D eigenvalue weighted by atomic mass is 9.99. The summed E-state index contributed by atoms with van der Waals surface area (Å²) in [6, 6.07) is 7.08. The quantitative estimate of drug-likeness (QED) is 0.650. The number of hydrogen-bond acceptors (Lipinski definition) is 6. The minimum Gasteiger partial charge on any atom is -0.436 e. The van der Waals surface area contributed by atoms with Crippen molar-refractivity contribution in [2.45, 2.75) is 33.1 Å². The number of anilines is 1. The van der Waals surface area contributed by atoms with Gasteiger partial charge in [-0.05, 0) is 56.4 Å². The van der Waals surface area contributed by atoms with Crippen LogP contribution in [0.1, 0.15) is 43.5 Å². The van der Waals surface area contributed by atoms with Gasteiger partial charge in [-0.25, -0.2) is 9.97 Å². The number of amides is 1. The van der Waals surface area contributed by atoms with Gasteiger partial charge in [-0.15, -0.1) is 0 Å². The molecule has 7 heteroatoms. The number of nitrogens with one attached hydrogen (secondary N) is 1. The van der Waals surface area contributed by atoms with E-state index < -0.39 is 0 Å². The fourth-order valence-corrected chi connectivity index (χ4v) is 3.24. The zero-order chi connectivity index (χ0) is 20.5. The predicted octanol–water partition coefficient (Wildman–Crippen LogP) is 3.66. The van der Waals surface area contributed by atoms with Crippen molar-refractivity contribution in [3.63, 3.8) is 0 Å². The number of piperidine rings is 1. The van der Waals surface area contributed by atoms with Crippen LogP contribution in [0.4, 0.5) is 5.82 Å². The Morgan fingerprint density at radius 1 is 1.17 bits per heavy atom. The average molecular weight is 399 g/mol. The zero-order valence-corrected chi connectivity index (χ0v) is 17.3. The number of ether oxygens (including phenoxy) is 2. The molecule has 156 valence electrons. The Morgan fingerprint density at radius 2 is 1.90 bits per heavy atom. The van der Waals surface area contributed by atoms with Crippen molar-refractivity contribution < 1.29 is 14.3 Å². The van der Waals surface area contributed by atoms with Crippen LogP contribution < -0.4 is 15.0 Å². The fourth-order valence-electron chi connectivity index (χ4n) is 3.24. The van der Waals surface area contributed by atoms with Crippen molar-refractivity contribution in [3.05, 3.63) is 42.2 Å². The summed E-state index contributed by atoms with van der Waals surface area (Å²) in [5.74, 6) is 2.54. The SMILES string of the molecule is CCOCCCNC(=O)c1ccc(Oc2nccnc2N2CCC(C)CC2)cc1. The van der Waals surface area contributed by atoms with E-state index in [0.29, 0.717) is 37.0 Å². The van der Waals surface area contributed by atoms with Gasteiger partial charge >= 0.3 is 0 Å². The molecule has 1 fully saturated rings. The van der Waals surface area contributed by atoms with E-state index in [1.165, 1.54) is 0 Å². The molecule has 1 amide bonds. The van der Waals surface area contributed by atoms with Crippen LogP contribution in [0.25, 0.3) is 0 Å². The summed E-state index contributed by atoms with van der Waals surface area (Å²) in [6.45, 7) is 8.09. The Hall–Kier alpha value is -2.67. The van der Waals surface area contributed by atoms with Crippen LogP contribution in [-0.2, 0) is 4.74 Å². The maximum atomic E-state index is 12.2. The molecule has 1 aliphatic rings. The predicted molar refractivity (Wildman–Crippen MR) is 113 cm³/mol. The van der Waals surface area contributed by atoms with Gasteiger partial charge in [0.05, 0.1) is 0 Å². The van der Waals surface area contributed by atoms with Crippen molar-refractivity contribution in [2.24, 2.45) is 5.92 Å². The van der Waals surface area contributed by atoms with Gasteiger partial charge in [0, 0.05) is 50.8 Å². The highest BCUT2D eigenvalue weighted by Gasteiger charge is 2.21. The maximum Gasteiger partial charge on any atom is 0.263 e. The molecule has 0 atom stereocenters. The Morgan fingerprint density at radius 3 is 2.62 bits per heavy atom.